The second-order valence-electron chi connectivity index (χ2n) is 5.55. The Morgan fingerprint density at radius 2 is 1.80 bits per heavy atom. The minimum absolute atomic E-state index is 0. The molecule has 0 fully saturated rings. The molecule has 0 aliphatic heterocycles. The van der Waals surface area contributed by atoms with E-state index in [0.29, 0.717) is 24.5 Å². The van der Waals surface area contributed by atoms with Crippen LogP contribution in [0.2, 0.25) is 5.02 Å². The van der Waals surface area contributed by atoms with E-state index in [0.717, 1.165) is 16.9 Å². The number of nitrogens with one attached hydrogen (secondary N) is 1. The van der Waals surface area contributed by atoms with E-state index in [1.165, 1.54) is 0 Å². The van der Waals surface area contributed by atoms with Gasteiger partial charge in [0.2, 0.25) is 0 Å². The molecule has 2 aromatic rings. The van der Waals surface area contributed by atoms with Gasteiger partial charge in [0.05, 0.1) is 13.2 Å². The quantitative estimate of drug-likeness (QED) is 0.628. The zero-order valence-corrected chi connectivity index (χ0v) is 16.4. The highest BCUT2D eigenvalue weighted by Crippen LogP contribution is 2.13. The fourth-order valence-corrected chi connectivity index (χ4v) is 2.58. The van der Waals surface area contributed by atoms with Crippen molar-refractivity contribution in [2.24, 2.45) is 5.73 Å². The zero-order chi connectivity index (χ0) is 16.7. The lowest BCUT2D eigenvalue weighted by atomic mass is 10.0. The molecule has 2 aromatic carbocycles. The number of ether oxygens (including phenoxy) is 1. The maximum atomic E-state index is 10.2. The molecule has 0 bridgehead atoms. The molecule has 140 valence electrons. The molecule has 4 N–H and O–H groups in total. The van der Waals surface area contributed by atoms with Gasteiger partial charge in [-0.25, -0.2) is 0 Å². The number of methoxy groups -OCH3 is 1. The number of nitrogens with two attached hydrogens (primary N) is 1. The van der Waals surface area contributed by atoms with Crippen molar-refractivity contribution in [3.8, 4) is 5.75 Å². The fraction of sp³-hybridized carbons (Fsp3) is 0.333. The van der Waals surface area contributed by atoms with Crippen molar-refractivity contribution >= 4 is 36.4 Å². The molecule has 0 heterocycles. The molecule has 0 radical (unpaired) electrons. The lowest BCUT2D eigenvalue weighted by molar-refractivity contribution is 0.141. The van der Waals surface area contributed by atoms with E-state index < -0.39 is 6.10 Å². The second-order valence-corrected chi connectivity index (χ2v) is 5.98. The van der Waals surface area contributed by atoms with Crippen LogP contribution in [-0.2, 0) is 13.0 Å². The monoisotopic (exact) mass is 406 g/mol. The molecule has 0 aromatic heterocycles. The molecule has 0 aliphatic carbocycles. The molecule has 4 nitrogen and oxygen atoms in total. The molecule has 25 heavy (non-hydrogen) atoms. The first-order valence-corrected chi connectivity index (χ1v) is 7.98. The molecular weight excluding hydrogens is 383 g/mol. The van der Waals surface area contributed by atoms with Crippen LogP contribution in [0, 0.1) is 0 Å². The Hall–Kier alpha value is -1.01. The van der Waals surface area contributed by atoms with Gasteiger partial charge in [-0.1, -0.05) is 35.9 Å². The highest BCUT2D eigenvalue weighted by atomic mass is 35.5. The van der Waals surface area contributed by atoms with Gasteiger partial charge < -0.3 is 20.9 Å². The van der Waals surface area contributed by atoms with Crippen LogP contribution in [0.1, 0.15) is 11.1 Å². The Bertz CT molecular complexity index is 629. The minimum atomic E-state index is -0.625. The van der Waals surface area contributed by atoms with Crippen molar-refractivity contribution in [1.29, 1.82) is 0 Å². The van der Waals surface area contributed by atoms with Crippen LogP contribution >= 0.6 is 36.4 Å². The standard InChI is InChI=1S/C18H23ClN2O2.2ClH/c1-23-16-7-3-5-14(9-16)11-21-12-18(22)17(20)10-13-4-2-6-15(19)8-13;;/h2-9,17-18,21-22H,10-12,20H2,1H3;2*1H/t17-,18+;;/m0../s1. The van der Waals surface area contributed by atoms with Gasteiger partial charge in [0.25, 0.3) is 0 Å². The Labute approximate surface area is 166 Å². The van der Waals surface area contributed by atoms with Crippen LogP contribution in [0.4, 0.5) is 0 Å². The minimum Gasteiger partial charge on any atom is -0.497 e. The van der Waals surface area contributed by atoms with Crippen molar-refractivity contribution < 1.29 is 9.84 Å². The number of hydrogen-bond acceptors (Lipinski definition) is 4. The van der Waals surface area contributed by atoms with Crippen LogP contribution in [-0.4, -0.2) is 30.9 Å². The summed E-state index contributed by atoms with van der Waals surface area (Å²) in [6, 6.07) is 15.0. The fourth-order valence-electron chi connectivity index (χ4n) is 2.37. The highest BCUT2D eigenvalue weighted by Gasteiger charge is 2.15. The summed E-state index contributed by atoms with van der Waals surface area (Å²) in [7, 11) is 1.64. The number of halogens is 3. The van der Waals surface area contributed by atoms with Crippen LogP contribution < -0.4 is 15.8 Å². The summed E-state index contributed by atoms with van der Waals surface area (Å²) < 4.78 is 5.19. The number of hydrogen-bond donors (Lipinski definition) is 3. The molecule has 0 saturated carbocycles. The molecule has 0 amide bonds. The van der Waals surface area contributed by atoms with Gasteiger partial charge in [0, 0.05) is 24.2 Å². The van der Waals surface area contributed by atoms with Crippen LogP contribution in [0.25, 0.3) is 0 Å². The van der Waals surface area contributed by atoms with Crippen LogP contribution in [0.3, 0.4) is 0 Å². The van der Waals surface area contributed by atoms with Crippen molar-refractivity contribution in [3.63, 3.8) is 0 Å². The van der Waals surface area contributed by atoms with Crippen molar-refractivity contribution in [2.75, 3.05) is 13.7 Å². The first-order chi connectivity index (χ1) is 11.1. The summed E-state index contributed by atoms with van der Waals surface area (Å²) in [5, 5.41) is 14.1. The van der Waals surface area contributed by atoms with Gasteiger partial charge in [-0.15, -0.1) is 24.8 Å². The molecule has 0 spiro atoms. The molecule has 2 atom stereocenters. The van der Waals surface area contributed by atoms with E-state index in [1.807, 2.05) is 48.5 Å². The Balaban J connectivity index is 0.00000288. The summed E-state index contributed by atoms with van der Waals surface area (Å²) >= 11 is 5.96. The number of aliphatic hydroxyl groups is 1. The highest BCUT2D eigenvalue weighted by molar-refractivity contribution is 6.30. The average Bonchev–Trinajstić information content (AvgIpc) is 2.55. The second kappa shape index (κ2) is 12.4. The summed E-state index contributed by atoms with van der Waals surface area (Å²) in [4.78, 5) is 0. The topological polar surface area (TPSA) is 67.5 Å². The predicted molar refractivity (Wildman–Crippen MR) is 108 cm³/mol. The SMILES string of the molecule is COc1cccc(CNC[C@@H](O)[C@@H](N)Cc2cccc(Cl)c2)c1.Cl.Cl. The van der Waals surface area contributed by atoms with E-state index in [1.54, 1.807) is 7.11 Å². The van der Waals surface area contributed by atoms with Crippen LogP contribution in [0.5, 0.6) is 5.75 Å². The van der Waals surface area contributed by atoms with Gasteiger partial charge in [-0.2, -0.15) is 0 Å². The molecule has 2 rings (SSSR count). The average molecular weight is 408 g/mol. The third-order valence-corrected chi connectivity index (χ3v) is 3.91. The number of rotatable bonds is 8. The van der Waals surface area contributed by atoms with Crippen molar-refractivity contribution in [1.82, 2.24) is 5.32 Å². The maximum absolute atomic E-state index is 10.2. The number of benzene rings is 2. The Morgan fingerprint density at radius 1 is 1.12 bits per heavy atom. The van der Waals surface area contributed by atoms with E-state index in [-0.39, 0.29) is 30.9 Å². The van der Waals surface area contributed by atoms with Gasteiger partial charge in [0.1, 0.15) is 5.75 Å². The molecule has 0 unspecified atom stereocenters. The maximum Gasteiger partial charge on any atom is 0.119 e. The normalized spacial score (nSPS) is 12.5. The third kappa shape index (κ3) is 8.27. The van der Waals surface area contributed by atoms with Crippen molar-refractivity contribution in [2.45, 2.75) is 25.1 Å². The lowest BCUT2D eigenvalue weighted by Gasteiger charge is -2.19. The van der Waals surface area contributed by atoms with Crippen LogP contribution in [0.15, 0.2) is 48.5 Å². The first kappa shape index (κ1) is 24.0. The lowest BCUT2D eigenvalue weighted by Crippen LogP contribution is -2.43. The third-order valence-electron chi connectivity index (χ3n) is 3.67. The van der Waals surface area contributed by atoms with Crippen molar-refractivity contribution in [3.05, 3.63) is 64.7 Å². The summed E-state index contributed by atoms with van der Waals surface area (Å²) in [5.41, 5.74) is 8.19. The predicted octanol–water partition coefficient (Wildman–Crippen LogP) is 3.21. The van der Waals surface area contributed by atoms with Gasteiger partial charge in [-0.05, 0) is 41.8 Å². The van der Waals surface area contributed by atoms with Gasteiger partial charge >= 0.3 is 0 Å². The number of aliphatic hydroxyl groups excluding tert-OH is 1. The van der Waals surface area contributed by atoms with E-state index >= 15 is 0 Å². The van der Waals surface area contributed by atoms with Gasteiger partial charge in [-0.3, -0.25) is 0 Å². The van der Waals surface area contributed by atoms with E-state index in [4.69, 9.17) is 22.1 Å². The zero-order valence-electron chi connectivity index (χ0n) is 14.0. The first-order valence-electron chi connectivity index (χ1n) is 7.60. The Morgan fingerprint density at radius 3 is 2.48 bits per heavy atom. The molecule has 7 heteroatoms. The summed E-state index contributed by atoms with van der Waals surface area (Å²) in [6.45, 7) is 1.08. The summed E-state index contributed by atoms with van der Waals surface area (Å²) in [5.74, 6) is 0.822. The largest absolute Gasteiger partial charge is 0.497 e. The van der Waals surface area contributed by atoms with Gasteiger partial charge in [0.15, 0.2) is 0 Å². The van der Waals surface area contributed by atoms with E-state index in [2.05, 4.69) is 5.32 Å². The smallest absolute Gasteiger partial charge is 0.119 e. The molecule has 0 saturated heterocycles. The van der Waals surface area contributed by atoms with E-state index in [9.17, 15) is 5.11 Å². The summed E-state index contributed by atoms with van der Waals surface area (Å²) in [6.07, 6.45) is -0.0395. The Kier molecular flexibility index (Phi) is 11.9. The molecular formula is C18H25Cl3N2O2. The molecule has 0 aliphatic rings.